The molecule has 0 aliphatic carbocycles. The van der Waals surface area contributed by atoms with Gasteiger partial charge in [-0.05, 0) is 186 Å². The smallest absolute Gasteiger partial charge is 0.462 e. The Hall–Kier alpha value is -6.36. The van der Waals surface area contributed by atoms with E-state index in [9.17, 15) is 43.2 Å². The summed E-state index contributed by atoms with van der Waals surface area (Å²) in [5.74, 6) is -2.30. The van der Waals surface area contributed by atoms with Crippen LogP contribution in [0.4, 0.5) is 0 Å². The third kappa shape index (κ3) is 81.6. The zero-order chi connectivity index (χ0) is 81.7. The van der Waals surface area contributed by atoms with Crippen molar-refractivity contribution in [3.05, 3.63) is 207 Å². The van der Waals surface area contributed by atoms with Crippen LogP contribution in [0.2, 0.25) is 0 Å². The summed E-state index contributed by atoms with van der Waals surface area (Å²) in [4.78, 5) is 73.3. The molecule has 112 heavy (non-hydrogen) atoms. The molecule has 0 aromatic carbocycles. The molecule has 5 atom stereocenters. The van der Waals surface area contributed by atoms with Gasteiger partial charge in [0.15, 0.2) is 12.2 Å². The third-order valence-electron chi connectivity index (χ3n) is 16.7. The van der Waals surface area contributed by atoms with Gasteiger partial charge in [-0.2, -0.15) is 0 Å². The molecule has 0 saturated carbocycles. The lowest BCUT2D eigenvalue weighted by molar-refractivity contribution is -0.161. The van der Waals surface area contributed by atoms with Gasteiger partial charge < -0.3 is 33.8 Å². The molecule has 0 bridgehead atoms. The standard InChI is InChI=1S/C93H148O17P2/c1-5-9-13-17-21-25-29-33-37-40-43-46-50-53-57-61-65-69-73-77-90(95)103-83-88(109-92(97)79-75-71-67-63-59-55-49-36-32-28-24-20-16-12-8-4)85-107-111(99,100)105-81-87(94)82-106-112(101,102)108-86-89(110-93(98)80-76-72-68-64-60-56-52-48-45-42-39-35-31-27-23-19-15-11-7-3)84-104-91(96)78-74-70-66-62-58-54-51-47-44-41-38-34-30-26-22-18-14-10-6-2/h9-16,21-28,33-39,43-49,54,56,58,60,87-89,94H,5-8,17-20,29-32,40-42,50-53,55,57,59,61-86H2,1-4H3,(H,99,100)(H,101,102)/b13-9-,14-10-,15-11-,16-12-,25-21-,26-22-,27-23-,28-24-,37-33-,38-34-,39-35-,46-43-,47-44-,48-45-,49-36-,58-54-,60-56-. The highest BCUT2D eigenvalue weighted by Crippen LogP contribution is 2.45. The van der Waals surface area contributed by atoms with E-state index in [0.29, 0.717) is 25.7 Å². The van der Waals surface area contributed by atoms with Crippen LogP contribution in [0.1, 0.15) is 297 Å². The average Bonchev–Trinajstić information content (AvgIpc) is 0.898. The molecule has 0 rings (SSSR count). The Morgan fingerprint density at radius 2 is 0.438 bits per heavy atom. The molecule has 17 nitrogen and oxygen atoms in total. The second kappa shape index (κ2) is 82.6. The van der Waals surface area contributed by atoms with Gasteiger partial charge in [-0.3, -0.25) is 37.3 Å². The van der Waals surface area contributed by atoms with Gasteiger partial charge >= 0.3 is 39.5 Å². The van der Waals surface area contributed by atoms with Gasteiger partial charge in [-0.1, -0.05) is 292 Å². The van der Waals surface area contributed by atoms with Crippen LogP contribution in [0, 0.1) is 0 Å². The maximum Gasteiger partial charge on any atom is 0.472 e. The van der Waals surface area contributed by atoms with Crippen LogP contribution in [0.15, 0.2) is 207 Å². The Labute approximate surface area is 678 Å². The highest BCUT2D eigenvalue weighted by Gasteiger charge is 2.30. The predicted molar refractivity (Wildman–Crippen MR) is 463 cm³/mol. The normalized spacial score (nSPS) is 14.8. The molecule has 0 aliphatic rings. The first-order valence-corrected chi connectivity index (χ1v) is 45.3. The Morgan fingerprint density at radius 3 is 0.679 bits per heavy atom. The number of unbranched alkanes of at least 4 members (excludes halogenated alkanes) is 17. The molecule has 0 aliphatic heterocycles. The first kappa shape index (κ1) is 106. The molecule has 0 heterocycles. The van der Waals surface area contributed by atoms with E-state index in [4.69, 9.17) is 37.0 Å². The number of phosphoric acid groups is 2. The number of aliphatic hydroxyl groups is 1. The number of ether oxygens (including phenoxy) is 4. The molecule has 0 aromatic heterocycles. The predicted octanol–water partition coefficient (Wildman–Crippen LogP) is 25.4. The Morgan fingerprint density at radius 1 is 0.250 bits per heavy atom. The van der Waals surface area contributed by atoms with Crippen LogP contribution in [0.3, 0.4) is 0 Å². The summed E-state index contributed by atoms with van der Waals surface area (Å²) in [5, 5.41) is 10.7. The topological polar surface area (TPSA) is 237 Å². The Balaban J connectivity index is 5.50. The second-order valence-electron chi connectivity index (χ2n) is 27.2. The molecule has 0 amide bonds. The number of phosphoric ester groups is 2. The lowest BCUT2D eigenvalue weighted by Gasteiger charge is -2.21. The molecular weight excluding hydrogens is 1450 g/mol. The first-order chi connectivity index (χ1) is 54.7. The lowest BCUT2D eigenvalue weighted by Crippen LogP contribution is -2.30. The molecule has 632 valence electrons. The van der Waals surface area contributed by atoms with E-state index < -0.39 is 97.5 Å². The monoisotopic (exact) mass is 1600 g/mol. The van der Waals surface area contributed by atoms with Gasteiger partial charge in [0, 0.05) is 25.7 Å². The van der Waals surface area contributed by atoms with Crippen LogP contribution >= 0.6 is 15.6 Å². The highest BCUT2D eigenvalue weighted by atomic mass is 31.2. The van der Waals surface area contributed by atoms with Crippen molar-refractivity contribution in [2.75, 3.05) is 39.6 Å². The molecule has 19 heteroatoms. The average molecular weight is 1600 g/mol. The fourth-order valence-electron chi connectivity index (χ4n) is 10.5. The quantitative estimate of drug-likeness (QED) is 0.0169. The number of rotatable bonds is 77. The fourth-order valence-corrected chi connectivity index (χ4v) is 12.0. The summed E-state index contributed by atoms with van der Waals surface area (Å²) in [6.07, 6.45) is 104. The van der Waals surface area contributed by atoms with E-state index in [-0.39, 0.29) is 25.7 Å². The fraction of sp³-hybridized carbons (Fsp3) is 0.591. The van der Waals surface area contributed by atoms with Gasteiger partial charge in [0.1, 0.15) is 19.3 Å². The summed E-state index contributed by atoms with van der Waals surface area (Å²) >= 11 is 0. The largest absolute Gasteiger partial charge is 0.472 e. The first-order valence-electron chi connectivity index (χ1n) is 42.3. The summed E-state index contributed by atoms with van der Waals surface area (Å²) in [6.45, 7) is 4.30. The van der Waals surface area contributed by atoms with Crippen LogP contribution in [-0.2, 0) is 65.4 Å². The zero-order valence-electron chi connectivity index (χ0n) is 69.3. The van der Waals surface area contributed by atoms with Crippen LogP contribution in [0.5, 0.6) is 0 Å². The minimum Gasteiger partial charge on any atom is -0.462 e. The van der Waals surface area contributed by atoms with E-state index in [2.05, 4.69) is 234 Å². The lowest BCUT2D eigenvalue weighted by atomic mass is 10.1. The van der Waals surface area contributed by atoms with Crippen molar-refractivity contribution in [1.82, 2.24) is 0 Å². The van der Waals surface area contributed by atoms with E-state index in [1.165, 1.54) is 0 Å². The molecule has 0 spiro atoms. The Bertz CT molecular complexity index is 2940. The summed E-state index contributed by atoms with van der Waals surface area (Å²) in [6, 6.07) is 0. The second-order valence-corrected chi connectivity index (χ2v) is 30.1. The van der Waals surface area contributed by atoms with Gasteiger partial charge in [0.25, 0.3) is 0 Å². The number of carbonyl (C=O) groups excluding carboxylic acids is 4. The van der Waals surface area contributed by atoms with Gasteiger partial charge in [-0.15, -0.1) is 0 Å². The maximum atomic E-state index is 13.1. The number of aliphatic hydroxyl groups excluding tert-OH is 1. The summed E-state index contributed by atoms with van der Waals surface area (Å²) in [7, 11) is -10.0. The van der Waals surface area contributed by atoms with Crippen LogP contribution in [-0.4, -0.2) is 96.7 Å². The van der Waals surface area contributed by atoms with Crippen molar-refractivity contribution in [2.45, 2.75) is 316 Å². The van der Waals surface area contributed by atoms with Crippen LogP contribution in [0.25, 0.3) is 0 Å². The molecular formula is C93H148O17P2. The molecule has 0 aromatic rings. The van der Waals surface area contributed by atoms with Crippen molar-refractivity contribution >= 4 is 39.5 Å². The zero-order valence-corrected chi connectivity index (χ0v) is 71.0. The number of hydrogen-bond donors (Lipinski definition) is 3. The van der Waals surface area contributed by atoms with Crippen molar-refractivity contribution in [3.8, 4) is 0 Å². The van der Waals surface area contributed by atoms with Crippen molar-refractivity contribution in [1.29, 1.82) is 0 Å². The van der Waals surface area contributed by atoms with Crippen LogP contribution < -0.4 is 0 Å². The van der Waals surface area contributed by atoms with Gasteiger partial charge in [0.2, 0.25) is 0 Å². The van der Waals surface area contributed by atoms with Crippen molar-refractivity contribution < 1.29 is 80.2 Å². The summed E-state index contributed by atoms with van der Waals surface area (Å²) in [5.41, 5.74) is 0. The number of esters is 4. The molecule has 0 fully saturated rings. The van der Waals surface area contributed by atoms with E-state index in [1.54, 1.807) is 0 Å². The summed E-state index contributed by atoms with van der Waals surface area (Å²) < 4.78 is 68.7. The molecule has 0 radical (unpaired) electrons. The number of hydrogen-bond acceptors (Lipinski definition) is 15. The minimum atomic E-state index is -5.01. The Kier molecular flexibility index (Phi) is 77.9. The van der Waals surface area contributed by atoms with E-state index >= 15 is 0 Å². The molecule has 0 saturated heterocycles. The SMILES string of the molecule is CC/C=C\C/C=C\C/C=C\C/C=C\C/C=C\CCCCCC(=O)OCC(COP(=O)(O)OCC(O)COP(=O)(O)OCC(COC(=O)CCCCCCCC/C=C\C/C=C\C/C=C\C/C=C\CC)OC(=O)CCCCCCC/C=C\C/C=C\C/C=C\CC)OC(=O)CCCCC/C=C\C/C=C\C/C=C\C/C=C\C/C=C\CC. The molecule has 3 N–H and O–H groups in total. The highest BCUT2D eigenvalue weighted by molar-refractivity contribution is 7.47. The van der Waals surface area contributed by atoms with Gasteiger partial charge in [-0.25, -0.2) is 9.13 Å². The van der Waals surface area contributed by atoms with Crippen molar-refractivity contribution in [2.24, 2.45) is 0 Å². The van der Waals surface area contributed by atoms with E-state index in [0.717, 1.165) is 218 Å². The molecule has 5 unspecified atom stereocenters. The van der Waals surface area contributed by atoms with Gasteiger partial charge in [0.05, 0.1) is 26.4 Å². The van der Waals surface area contributed by atoms with E-state index in [1.807, 2.05) is 0 Å². The third-order valence-corrected chi connectivity index (χ3v) is 18.6. The number of carbonyl (C=O) groups is 4. The minimum absolute atomic E-state index is 0.0388. The number of allylic oxidation sites excluding steroid dienone is 34. The maximum absolute atomic E-state index is 13.1. The van der Waals surface area contributed by atoms with Crippen molar-refractivity contribution in [3.63, 3.8) is 0 Å².